The zero-order valence-corrected chi connectivity index (χ0v) is 21.3. The monoisotopic (exact) mass is 484 g/mol. The number of esters is 1. The van der Waals surface area contributed by atoms with E-state index in [1.807, 2.05) is 26.8 Å². The Bertz CT molecular complexity index is 1050. The Kier molecular flexibility index (Phi) is 9.09. The van der Waals surface area contributed by atoms with Crippen LogP contribution in [0.1, 0.15) is 65.7 Å². The fourth-order valence-corrected chi connectivity index (χ4v) is 4.31. The van der Waals surface area contributed by atoms with Crippen LogP contribution in [0.15, 0.2) is 30.3 Å². The number of ether oxygens (including phenoxy) is 3. The van der Waals surface area contributed by atoms with E-state index in [0.29, 0.717) is 30.0 Å². The molecular formula is C27H36N2O6. The van der Waals surface area contributed by atoms with Crippen molar-refractivity contribution in [1.29, 1.82) is 0 Å². The van der Waals surface area contributed by atoms with E-state index in [-0.39, 0.29) is 17.8 Å². The zero-order chi connectivity index (χ0) is 25.5. The first kappa shape index (κ1) is 26.5. The lowest BCUT2D eigenvalue weighted by Crippen LogP contribution is -2.45. The van der Waals surface area contributed by atoms with E-state index in [0.717, 1.165) is 30.8 Å². The van der Waals surface area contributed by atoms with Crippen LogP contribution in [0.3, 0.4) is 0 Å². The molecule has 1 aromatic heterocycles. The topological polar surface area (TPSA) is 95.9 Å². The molecule has 190 valence electrons. The highest BCUT2D eigenvalue weighted by Crippen LogP contribution is 2.21. The summed E-state index contributed by atoms with van der Waals surface area (Å²) in [5.41, 5.74) is 2.67. The second kappa shape index (κ2) is 12.0. The second-order valence-electron chi connectivity index (χ2n) is 9.19. The third kappa shape index (κ3) is 6.51. The number of hydrogen-bond donors (Lipinski definition) is 1. The van der Waals surface area contributed by atoms with Crippen LogP contribution >= 0.6 is 0 Å². The molecule has 2 heterocycles. The summed E-state index contributed by atoms with van der Waals surface area (Å²) < 4.78 is 18.7. The molecule has 0 radical (unpaired) electrons. The number of ketones is 1. The Morgan fingerprint density at radius 3 is 2.57 bits per heavy atom. The molecule has 1 aliphatic rings. The molecule has 1 amide bonds. The summed E-state index contributed by atoms with van der Waals surface area (Å²) in [5.74, 6) is -1.16. The molecule has 1 fully saturated rings. The summed E-state index contributed by atoms with van der Waals surface area (Å²) in [6.07, 6.45) is 2.22. The van der Waals surface area contributed by atoms with Gasteiger partial charge < -0.3 is 24.1 Å². The number of carbonyl (C=O) groups is 3. The lowest BCUT2D eigenvalue weighted by molar-refractivity contribution is -0.145. The van der Waals surface area contributed by atoms with Gasteiger partial charge in [-0.3, -0.25) is 9.59 Å². The maximum absolute atomic E-state index is 12.9. The van der Waals surface area contributed by atoms with Gasteiger partial charge in [0.05, 0.1) is 18.3 Å². The minimum absolute atomic E-state index is 0.156. The van der Waals surface area contributed by atoms with Crippen molar-refractivity contribution >= 4 is 17.7 Å². The third-order valence-electron chi connectivity index (χ3n) is 6.27. The molecule has 1 aliphatic heterocycles. The van der Waals surface area contributed by atoms with E-state index in [9.17, 15) is 14.4 Å². The van der Waals surface area contributed by atoms with Crippen molar-refractivity contribution in [3.8, 4) is 5.75 Å². The number of carbonyl (C=O) groups excluding carboxylic acids is 3. The number of nitrogens with one attached hydrogen (secondary N) is 1. The van der Waals surface area contributed by atoms with E-state index in [1.165, 1.54) is 0 Å². The number of nitrogens with zero attached hydrogens (tertiary/aromatic N) is 1. The molecule has 3 rings (SSSR count). The average Bonchev–Trinajstić information content (AvgIpc) is 3.45. The van der Waals surface area contributed by atoms with Crippen molar-refractivity contribution < 1.29 is 28.6 Å². The zero-order valence-electron chi connectivity index (χ0n) is 21.3. The van der Waals surface area contributed by atoms with Crippen LogP contribution in [-0.4, -0.2) is 54.2 Å². The van der Waals surface area contributed by atoms with Crippen LogP contribution in [0.2, 0.25) is 0 Å². The molecule has 1 aromatic carbocycles. The summed E-state index contributed by atoms with van der Waals surface area (Å²) >= 11 is 0. The third-order valence-corrected chi connectivity index (χ3v) is 6.27. The van der Waals surface area contributed by atoms with Crippen molar-refractivity contribution in [3.63, 3.8) is 0 Å². The summed E-state index contributed by atoms with van der Waals surface area (Å²) in [6, 6.07) is 7.77. The summed E-state index contributed by atoms with van der Waals surface area (Å²) in [6.45, 7) is 10.8. The van der Waals surface area contributed by atoms with Crippen molar-refractivity contribution in [3.05, 3.63) is 52.8 Å². The first-order valence-corrected chi connectivity index (χ1v) is 12.2. The number of aromatic nitrogens is 1. The van der Waals surface area contributed by atoms with Gasteiger partial charge in [-0.1, -0.05) is 26.0 Å². The van der Waals surface area contributed by atoms with Gasteiger partial charge in [0.1, 0.15) is 11.8 Å². The summed E-state index contributed by atoms with van der Waals surface area (Å²) in [7, 11) is 0. The molecule has 0 spiro atoms. The summed E-state index contributed by atoms with van der Waals surface area (Å²) in [5, 5.41) is 2.74. The Labute approximate surface area is 206 Å². The predicted molar refractivity (Wildman–Crippen MR) is 132 cm³/mol. The number of rotatable bonds is 11. The lowest BCUT2D eigenvalue weighted by Gasteiger charge is -2.21. The molecule has 8 heteroatoms. The van der Waals surface area contributed by atoms with E-state index < -0.39 is 24.5 Å². The standard InChI is InChI=1S/C27H36N2O6/c1-6-33-24-12-8-7-11-21(24)26(31)28-25(17(2)3)27(32)35-16-23(30)22-14-18(4)29(19(22)5)15-20-10-9-13-34-20/h7-8,11-12,14,17,20,25H,6,9-10,13,15-16H2,1-5H3,(H,28,31)/t20?,25-/m0/s1. The van der Waals surface area contributed by atoms with Gasteiger partial charge in [0.25, 0.3) is 5.91 Å². The number of aryl methyl sites for hydroxylation is 1. The molecular weight excluding hydrogens is 448 g/mol. The highest BCUT2D eigenvalue weighted by molar-refractivity contribution is 6.01. The molecule has 35 heavy (non-hydrogen) atoms. The lowest BCUT2D eigenvalue weighted by atomic mass is 10.0. The summed E-state index contributed by atoms with van der Waals surface area (Å²) in [4.78, 5) is 38.6. The SMILES string of the molecule is CCOc1ccccc1C(=O)N[C@H](C(=O)OCC(=O)c1cc(C)n(CC2CCCO2)c1C)C(C)C. The smallest absolute Gasteiger partial charge is 0.329 e. The van der Waals surface area contributed by atoms with Gasteiger partial charge in [-0.05, 0) is 57.7 Å². The Morgan fingerprint density at radius 2 is 1.91 bits per heavy atom. The van der Waals surface area contributed by atoms with Crippen molar-refractivity contribution in [2.45, 2.75) is 66.2 Å². The van der Waals surface area contributed by atoms with Crippen LogP contribution in [0, 0.1) is 19.8 Å². The fourth-order valence-electron chi connectivity index (χ4n) is 4.31. The van der Waals surface area contributed by atoms with Crippen LogP contribution in [-0.2, 0) is 20.8 Å². The van der Waals surface area contributed by atoms with Crippen LogP contribution in [0.25, 0.3) is 0 Å². The van der Waals surface area contributed by atoms with Gasteiger partial charge in [-0.25, -0.2) is 4.79 Å². The highest BCUT2D eigenvalue weighted by Gasteiger charge is 2.28. The Balaban J connectivity index is 1.63. The van der Waals surface area contributed by atoms with Crippen LogP contribution < -0.4 is 10.1 Å². The largest absolute Gasteiger partial charge is 0.493 e. The van der Waals surface area contributed by atoms with Gasteiger partial charge in [-0.15, -0.1) is 0 Å². The van der Waals surface area contributed by atoms with Crippen molar-refractivity contribution in [2.75, 3.05) is 19.8 Å². The van der Waals surface area contributed by atoms with Gasteiger partial charge in [0.2, 0.25) is 5.78 Å². The van der Waals surface area contributed by atoms with Crippen molar-refractivity contribution in [1.82, 2.24) is 9.88 Å². The molecule has 0 bridgehead atoms. The highest BCUT2D eigenvalue weighted by atomic mass is 16.5. The fraction of sp³-hybridized carbons (Fsp3) is 0.519. The van der Waals surface area contributed by atoms with E-state index in [2.05, 4.69) is 9.88 Å². The van der Waals surface area contributed by atoms with Gasteiger partial charge in [-0.2, -0.15) is 0 Å². The molecule has 1 N–H and O–H groups in total. The van der Waals surface area contributed by atoms with Crippen LogP contribution in [0.5, 0.6) is 5.75 Å². The molecule has 8 nitrogen and oxygen atoms in total. The first-order chi connectivity index (χ1) is 16.7. The minimum atomic E-state index is -0.906. The molecule has 0 aliphatic carbocycles. The number of benzene rings is 1. The average molecular weight is 485 g/mol. The van der Waals surface area contributed by atoms with E-state index in [1.54, 1.807) is 38.1 Å². The quantitative estimate of drug-likeness (QED) is 0.384. The first-order valence-electron chi connectivity index (χ1n) is 12.2. The number of para-hydroxylation sites is 1. The normalized spacial score (nSPS) is 16.2. The maximum atomic E-state index is 12.9. The predicted octanol–water partition coefficient (Wildman–Crippen LogP) is 3.86. The molecule has 2 aromatic rings. The maximum Gasteiger partial charge on any atom is 0.329 e. The molecule has 2 atom stereocenters. The molecule has 0 saturated carbocycles. The van der Waals surface area contributed by atoms with Crippen LogP contribution in [0.4, 0.5) is 0 Å². The minimum Gasteiger partial charge on any atom is -0.493 e. The Morgan fingerprint density at radius 1 is 1.17 bits per heavy atom. The second-order valence-corrected chi connectivity index (χ2v) is 9.19. The number of hydrogen-bond acceptors (Lipinski definition) is 6. The van der Waals surface area contributed by atoms with Gasteiger partial charge in [0, 0.05) is 30.1 Å². The number of Topliss-reactive ketones (excluding diaryl/α,β-unsaturated/α-hetero) is 1. The van der Waals surface area contributed by atoms with E-state index in [4.69, 9.17) is 14.2 Å². The van der Waals surface area contributed by atoms with Gasteiger partial charge in [0.15, 0.2) is 6.61 Å². The molecule has 1 unspecified atom stereocenters. The van der Waals surface area contributed by atoms with Gasteiger partial charge >= 0.3 is 5.97 Å². The van der Waals surface area contributed by atoms with Crippen molar-refractivity contribution in [2.24, 2.45) is 5.92 Å². The Hall–Kier alpha value is -3.13. The number of amides is 1. The van der Waals surface area contributed by atoms with E-state index >= 15 is 0 Å². The molecule has 1 saturated heterocycles.